The molecule has 4 fully saturated rings. The van der Waals surface area contributed by atoms with Gasteiger partial charge in [0.1, 0.15) is 0 Å². The van der Waals surface area contributed by atoms with Crippen molar-refractivity contribution in [2.24, 2.45) is 46.3 Å². The van der Waals surface area contributed by atoms with Crippen molar-refractivity contribution in [1.29, 1.82) is 0 Å². The predicted octanol–water partition coefficient (Wildman–Crippen LogP) is 4.57. The van der Waals surface area contributed by atoms with Crippen LogP contribution in [-0.2, 0) is 9.53 Å². The fourth-order valence-electron chi connectivity index (χ4n) is 8.81. The Morgan fingerprint density at radius 3 is 2.55 bits per heavy atom. The second-order valence-corrected chi connectivity index (χ2v) is 11.5. The van der Waals surface area contributed by atoms with Crippen molar-refractivity contribution in [2.45, 2.75) is 97.2 Å². The van der Waals surface area contributed by atoms with Crippen molar-refractivity contribution in [3.8, 4) is 0 Å². The van der Waals surface area contributed by atoms with Crippen molar-refractivity contribution >= 4 is 5.97 Å². The Kier molecular flexibility index (Phi) is 5.83. The fourth-order valence-corrected chi connectivity index (χ4v) is 8.81. The van der Waals surface area contributed by atoms with E-state index < -0.39 is 0 Å². The van der Waals surface area contributed by atoms with Crippen LogP contribution in [-0.4, -0.2) is 35.5 Å². The molecule has 0 spiro atoms. The summed E-state index contributed by atoms with van der Waals surface area (Å²) in [6, 6.07) is 0. The molecule has 4 heteroatoms. The van der Waals surface area contributed by atoms with Crippen molar-refractivity contribution in [3.05, 3.63) is 0 Å². The maximum atomic E-state index is 11.6. The van der Waals surface area contributed by atoms with E-state index in [1.165, 1.54) is 32.8 Å². The minimum atomic E-state index is -0.246. The van der Waals surface area contributed by atoms with Gasteiger partial charge in [0.2, 0.25) is 0 Å². The number of hydrogen-bond donors (Lipinski definition) is 2. The van der Waals surface area contributed by atoms with Gasteiger partial charge in [-0.2, -0.15) is 0 Å². The molecule has 0 radical (unpaired) electrons. The lowest BCUT2D eigenvalue weighted by molar-refractivity contribution is -0.175. The number of fused-ring (bicyclic) bond motifs is 5. The number of aliphatic hydroxyl groups excluding tert-OH is 2. The van der Waals surface area contributed by atoms with Gasteiger partial charge >= 0.3 is 5.97 Å². The van der Waals surface area contributed by atoms with Crippen molar-refractivity contribution < 1.29 is 19.7 Å². The third-order valence-electron chi connectivity index (χ3n) is 10.5. The van der Waals surface area contributed by atoms with Gasteiger partial charge in [0, 0.05) is 6.42 Å². The van der Waals surface area contributed by atoms with Gasteiger partial charge in [0.25, 0.3) is 0 Å². The molecular weight excluding hydrogens is 364 g/mol. The minimum Gasteiger partial charge on any atom is -0.469 e. The molecule has 0 aromatic rings. The normalized spacial score (nSPS) is 50.2. The molecule has 0 saturated heterocycles. The third kappa shape index (κ3) is 3.37. The van der Waals surface area contributed by atoms with Gasteiger partial charge in [-0.3, -0.25) is 4.79 Å². The number of aliphatic hydroxyl groups is 2. The molecule has 0 amide bonds. The second-order valence-electron chi connectivity index (χ2n) is 11.5. The second kappa shape index (κ2) is 7.82. The highest BCUT2D eigenvalue weighted by atomic mass is 16.5. The zero-order valence-corrected chi connectivity index (χ0v) is 18.9. The van der Waals surface area contributed by atoms with E-state index in [0.29, 0.717) is 41.4 Å². The molecule has 0 aromatic heterocycles. The van der Waals surface area contributed by atoms with E-state index in [4.69, 9.17) is 4.74 Å². The molecule has 4 aliphatic carbocycles. The lowest BCUT2D eigenvalue weighted by Gasteiger charge is -2.62. The van der Waals surface area contributed by atoms with Crippen LogP contribution in [0.4, 0.5) is 0 Å². The molecule has 0 heterocycles. The van der Waals surface area contributed by atoms with E-state index in [1.54, 1.807) is 0 Å². The summed E-state index contributed by atoms with van der Waals surface area (Å²) in [5.74, 6) is 3.36. The molecule has 0 bridgehead atoms. The SMILES string of the molecule is COC(=O)CC[C@@H](C)[C@@H]1CC[C@@H]2[C@@H]3CC[C@H]4C[C@@H](O)CC[C@]4(C)[C@@H]3C[C@@H](O)[C@@]21C. The van der Waals surface area contributed by atoms with Crippen LogP contribution < -0.4 is 0 Å². The number of rotatable bonds is 4. The van der Waals surface area contributed by atoms with E-state index in [2.05, 4.69) is 20.8 Å². The zero-order valence-electron chi connectivity index (χ0n) is 18.9. The number of carbonyl (C=O) groups excluding carboxylic acids is 1. The van der Waals surface area contributed by atoms with Gasteiger partial charge in [-0.05, 0) is 104 Å². The van der Waals surface area contributed by atoms with E-state index in [0.717, 1.165) is 38.0 Å². The molecule has 4 saturated carbocycles. The van der Waals surface area contributed by atoms with E-state index in [-0.39, 0.29) is 23.6 Å². The molecule has 166 valence electrons. The van der Waals surface area contributed by atoms with Gasteiger partial charge in [-0.1, -0.05) is 20.8 Å². The molecule has 29 heavy (non-hydrogen) atoms. The topological polar surface area (TPSA) is 66.8 Å². The van der Waals surface area contributed by atoms with Crippen LogP contribution in [0.1, 0.15) is 85.0 Å². The lowest BCUT2D eigenvalue weighted by atomic mass is 9.43. The molecule has 4 nitrogen and oxygen atoms in total. The van der Waals surface area contributed by atoms with E-state index in [9.17, 15) is 15.0 Å². The first-order valence-corrected chi connectivity index (χ1v) is 12.1. The lowest BCUT2D eigenvalue weighted by Crippen LogP contribution is -2.58. The van der Waals surface area contributed by atoms with Gasteiger partial charge in [0.05, 0.1) is 19.3 Å². The highest BCUT2D eigenvalue weighted by Crippen LogP contribution is 2.68. The smallest absolute Gasteiger partial charge is 0.305 e. The number of carbonyl (C=O) groups is 1. The van der Waals surface area contributed by atoms with Crippen molar-refractivity contribution in [1.82, 2.24) is 0 Å². The van der Waals surface area contributed by atoms with Crippen LogP contribution in [0, 0.1) is 46.3 Å². The minimum absolute atomic E-state index is 0.0198. The number of esters is 1. The third-order valence-corrected chi connectivity index (χ3v) is 10.5. The average Bonchev–Trinajstić information content (AvgIpc) is 3.06. The van der Waals surface area contributed by atoms with Crippen molar-refractivity contribution in [2.75, 3.05) is 7.11 Å². The summed E-state index contributed by atoms with van der Waals surface area (Å²) in [6.45, 7) is 7.12. The standard InChI is InChI=1S/C25H42O4/c1-15(5-10-23(28)29-4)19-8-9-20-18-7-6-16-13-17(26)11-12-24(16,2)21(18)14-22(27)25(19,20)3/h15-22,26-27H,5-14H2,1-4H3/t15-,16+,17+,18+,19+,20-,21-,22-,24+,25-/m1/s1. The Hall–Kier alpha value is -0.610. The van der Waals surface area contributed by atoms with Gasteiger partial charge in [-0.15, -0.1) is 0 Å². The summed E-state index contributed by atoms with van der Waals surface area (Å²) < 4.78 is 4.85. The Labute approximate surface area is 176 Å². The molecule has 4 aliphatic rings. The van der Waals surface area contributed by atoms with Gasteiger partial charge < -0.3 is 14.9 Å². The Morgan fingerprint density at radius 2 is 1.83 bits per heavy atom. The summed E-state index contributed by atoms with van der Waals surface area (Å²) >= 11 is 0. The predicted molar refractivity (Wildman–Crippen MR) is 113 cm³/mol. The summed E-state index contributed by atoms with van der Waals surface area (Å²) in [7, 11) is 1.46. The highest BCUT2D eigenvalue weighted by Gasteiger charge is 2.63. The first-order chi connectivity index (χ1) is 13.7. The Balaban J connectivity index is 1.53. The van der Waals surface area contributed by atoms with Crippen LogP contribution in [0.3, 0.4) is 0 Å². The molecule has 0 aliphatic heterocycles. The highest BCUT2D eigenvalue weighted by molar-refractivity contribution is 5.69. The van der Waals surface area contributed by atoms with Crippen LogP contribution in [0.2, 0.25) is 0 Å². The average molecular weight is 407 g/mol. The number of hydrogen-bond acceptors (Lipinski definition) is 4. The maximum absolute atomic E-state index is 11.6. The van der Waals surface area contributed by atoms with Gasteiger partial charge in [-0.25, -0.2) is 0 Å². The molecule has 0 aromatic carbocycles. The zero-order chi connectivity index (χ0) is 21.0. The summed E-state index contributed by atoms with van der Waals surface area (Å²) in [6.07, 6.45) is 9.86. The van der Waals surface area contributed by atoms with Crippen LogP contribution >= 0.6 is 0 Å². The summed E-state index contributed by atoms with van der Waals surface area (Å²) in [4.78, 5) is 11.6. The summed E-state index contributed by atoms with van der Waals surface area (Å²) in [5.41, 5.74) is 0.271. The molecule has 10 atom stereocenters. The Bertz CT molecular complexity index is 620. The number of ether oxygens (including phenoxy) is 1. The molecule has 2 N–H and O–H groups in total. The van der Waals surface area contributed by atoms with Crippen LogP contribution in [0.5, 0.6) is 0 Å². The first kappa shape index (κ1) is 21.6. The van der Waals surface area contributed by atoms with E-state index in [1.807, 2.05) is 0 Å². The monoisotopic (exact) mass is 406 g/mol. The fraction of sp³-hybridized carbons (Fsp3) is 0.960. The van der Waals surface area contributed by atoms with Crippen LogP contribution in [0.15, 0.2) is 0 Å². The van der Waals surface area contributed by atoms with E-state index >= 15 is 0 Å². The largest absolute Gasteiger partial charge is 0.469 e. The molecular formula is C25H42O4. The Morgan fingerprint density at radius 1 is 1.07 bits per heavy atom. The van der Waals surface area contributed by atoms with Gasteiger partial charge in [0.15, 0.2) is 0 Å². The quantitative estimate of drug-likeness (QED) is 0.671. The number of methoxy groups -OCH3 is 1. The molecule has 4 rings (SSSR count). The maximum Gasteiger partial charge on any atom is 0.305 e. The molecule has 0 unspecified atom stereocenters. The van der Waals surface area contributed by atoms with Crippen molar-refractivity contribution in [3.63, 3.8) is 0 Å². The van der Waals surface area contributed by atoms with Crippen LogP contribution in [0.25, 0.3) is 0 Å². The first-order valence-electron chi connectivity index (χ1n) is 12.1. The summed E-state index contributed by atoms with van der Waals surface area (Å²) in [5, 5.41) is 21.8.